The summed E-state index contributed by atoms with van der Waals surface area (Å²) in [5.41, 5.74) is 1.16. The normalized spacial score (nSPS) is 16.6. The Bertz CT molecular complexity index is 1390. The number of esters is 1. The van der Waals surface area contributed by atoms with E-state index in [1.165, 1.54) is 29.6 Å². The van der Waals surface area contributed by atoms with E-state index in [1.54, 1.807) is 36.4 Å². The van der Waals surface area contributed by atoms with Gasteiger partial charge in [0.1, 0.15) is 17.4 Å². The zero-order chi connectivity index (χ0) is 28.5. The highest BCUT2D eigenvalue weighted by atomic mass is 32.2. The molecule has 0 aromatic heterocycles. The van der Waals surface area contributed by atoms with E-state index in [4.69, 9.17) is 18.9 Å². The van der Waals surface area contributed by atoms with Crippen LogP contribution in [-0.4, -0.2) is 90.9 Å². The van der Waals surface area contributed by atoms with Gasteiger partial charge in [0.2, 0.25) is 10.0 Å². The summed E-state index contributed by atoms with van der Waals surface area (Å²) < 4.78 is 48.7. The van der Waals surface area contributed by atoms with Gasteiger partial charge in [-0.25, -0.2) is 13.2 Å². The van der Waals surface area contributed by atoms with Crippen molar-refractivity contribution < 1.29 is 37.0 Å². The largest absolute Gasteiger partial charge is 0.497 e. The number of anilines is 2. The summed E-state index contributed by atoms with van der Waals surface area (Å²) in [6, 6.07) is 13.0. The van der Waals surface area contributed by atoms with Crippen LogP contribution in [0.25, 0.3) is 6.08 Å². The van der Waals surface area contributed by atoms with Crippen molar-refractivity contribution in [3.05, 3.63) is 53.6 Å². The second kappa shape index (κ2) is 13.4. The highest BCUT2D eigenvalue weighted by molar-refractivity contribution is 7.89. The SMILES string of the molecule is COc1ccc(C=C(C#N)C(=O)OCC(=O)Nc2cc(S(=O)(=O)N3CCOCC3)ccc2N2CCOCC2)cc1. The van der Waals surface area contributed by atoms with E-state index >= 15 is 0 Å². The van der Waals surface area contributed by atoms with Gasteiger partial charge < -0.3 is 29.2 Å². The number of morpholine rings is 2. The van der Waals surface area contributed by atoms with E-state index in [2.05, 4.69) is 5.32 Å². The fourth-order valence-electron chi connectivity index (χ4n) is 4.19. The molecule has 0 unspecified atom stereocenters. The number of rotatable bonds is 9. The predicted octanol–water partition coefficient (Wildman–Crippen LogP) is 1.64. The molecule has 13 heteroatoms. The molecule has 2 aromatic carbocycles. The Kier molecular flexibility index (Phi) is 9.73. The maximum Gasteiger partial charge on any atom is 0.349 e. The highest BCUT2D eigenvalue weighted by Gasteiger charge is 2.28. The molecule has 1 amide bonds. The molecular weight excluding hydrogens is 540 g/mol. The summed E-state index contributed by atoms with van der Waals surface area (Å²) in [6.45, 7) is 2.46. The molecular formula is C27H30N4O8S. The van der Waals surface area contributed by atoms with Crippen molar-refractivity contribution >= 4 is 39.4 Å². The third-order valence-corrected chi connectivity index (χ3v) is 8.20. The first kappa shape index (κ1) is 29.0. The van der Waals surface area contributed by atoms with Gasteiger partial charge >= 0.3 is 5.97 Å². The minimum absolute atomic E-state index is 0.0212. The second-order valence-electron chi connectivity index (χ2n) is 8.86. The topological polar surface area (TPSA) is 147 Å². The quantitative estimate of drug-likeness (QED) is 0.268. The molecule has 1 N–H and O–H groups in total. The van der Waals surface area contributed by atoms with Crippen molar-refractivity contribution in [1.82, 2.24) is 4.31 Å². The summed E-state index contributed by atoms with van der Waals surface area (Å²) >= 11 is 0. The Labute approximate surface area is 232 Å². The molecule has 2 aromatic rings. The number of carbonyl (C=O) groups excluding carboxylic acids is 2. The number of hydrogen-bond donors (Lipinski definition) is 1. The molecule has 2 heterocycles. The first-order chi connectivity index (χ1) is 19.3. The molecule has 212 valence electrons. The number of ether oxygens (including phenoxy) is 4. The van der Waals surface area contributed by atoms with E-state index in [9.17, 15) is 23.3 Å². The van der Waals surface area contributed by atoms with Crippen LogP contribution in [0.5, 0.6) is 5.75 Å². The minimum atomic E-state index is -3.82. The number of methoxy groups -OCH3 is 1. The lowest BCUT2D eigenvalue weighted by Crippen LogP contribution is -2.40. The fraction of sp³-hybridized carbons (Fsp3) is 0.370. The van der Waals surface area contributed by atoms with Gasteiger partial charge in [0, 0.05) is 26.2 Å². The van der Waals surface area contributed by atoms with E-state index in [0.29, 0.717) is 56.5 Å². The Morgan fingerprint density at radius 1 is 1.02 bits per heavy atom. The molecule has 2 fully saturated rings. The van der Waals surface area contributed by atoms with Crippen molar-refractivity contribution in [1.29, 1.82) is 5.26 Å². The predicted molar refractivity (Wildman–Crippen MR) is 145 cm³/mol. The molecule has 2 saturated heterocycles. The van der Waals surface area contributed by atoms with Gasteiger partial charge in [0.05, 0.1) is 49.8 Å². The van der Waals surface area contributed by atoms with Crippen molar-refractivity contribution in [2.75, 3.05) is 76.5 Å². The van der Waals surface area contributed by atoms with E-state index in [0.717, 1.165) is 0 Å². The number of sulfonamides is 1. The zero-order valence-electron chi connectivity index (χ0n) is 22.0. The highest BCUT2D eigenvalue weighted by Crippen LogP contribution is 2.31. The lowest BCUT2D eigenvalue weighted by Gasteiger charge is -2.31. The Hall–Kier alpha value is -3.96. The number of nitrogens with one attached hydrogen (secondary N) is 1. The number of nitriles is 1. The lowest BCUT2D eigenvalue weighted by molar-refractivity contribution is -0.142. The third kappa shape index (κ3) is 7.16. The molecule has 2 aliphatic heterocycles. The summed E-state index contributed by atoms with van der Waals surface area (Å²) in [5, 5.41) is 12.1. The monoisotopic (exact) mass is 570 g/mol. The van der Waals surface area contributed by atoms with E-state index in [1.807, 2.05) is 4.90 Å². The summed E-state index contributed by atoms with van der Waals surface area (Å²) in [7, 11) is -2.30. The average molecular weight is 571 g/mol. The van der Waals surface area contributed by atoms with Gasteiger partial charge in [-0.3, -0.25) is 4.79 Å². The standard InChI is InChI=1S/C27H30N4O8S/c1-36-22-4-2-20(3-5-22)16-21(18-28)27(33)39-19-26(32)29-24-17-23(40(34,35)31-10-14-38-15-11-31)6-7-25(24)30-8-12-37-13-9-30/h2-7,16-17H,8-15,19H2,1H3,(H,29,32). The molecule has 0 atom stereocenters. The molecule has 4 rings (SSSR count). The number of carbonyl (C=O) groups is 2. The Morgan fingerprint density at radius 3 is 2.30 bits per heavy atom. The van der Waals surface area contributed by atoms with Gasteiger partial charge in [0.25, 0.3) is 5.91 Å². The van der Waals surface area contributed by atoms with Gasteiger partial charge in [-0.15, -0.1) is 0 Å². The molecule has 40 heavy (non-hydrogen) atoms. The van der Waals surface area contributed by atoms with Crippen LogP contribution in [0.15, 0.2) is 52.9 Å². The molecule has 0 radical (unpaired) electrons. The van der Waals surface area contributed by atoms with Crippen molar-refractivity contribution in [3.8, 4) is 11.8 Å². The Balaban J connectivity index is 1.49. The van der Waals surface area contributed by atoms with Gasteiger partial charge in [-0.05, 0) is 42.0 Å². The van der Waals surface area contributed by atoms with Crippen molar-refractivity contribution in [2.45, 2.75) is 4.90 Å². The van der Waals surface area contributed by atoms with Crippen LogP contribution < -0.4 is 15.0 Å². The summed E-state index contributed by atoms with van der Waals surface area (Å²) in [6.07, 6.45) is 1.34. The van der Waals surface area contributed by atoms with Crippen molar-refractivity contribution in [2.24, 2.45) is 0 Å². The lowest BCUT2D eigenvalue weighted by atomic mass is 10.1. The van der Waals surface area contributed by atoms with Crippen LogP contribution in [0.1, 0.15) is 5.56 Å². The van der Waals surface area contributed by atoms with Crippen molar-refractivity contribution in [3.63, 3.8) is 0 Å². The second-order valence-corrected chi connectivity index (χ2v) is 10.8. The van der Waals surface area contributed by atoms with Crippen LogP contribution in [0.4, 0.5) is 11.4 Å². The molecule has 0 spiro atoms. The molecule has 0 bridgehead atoms. The molecule has 12 nitrogen and oxygen atoms in total. The van der Waals surface area contributed by atoms with E-state index in [-0.39, 0.29) is 29.2 Å². The van der Waals surface area contributed by atoms with Crippen LogP contribution in [0.3, 0.4) is 0 Å². The van der Waals surface area contributed by atoms with Crippen LogP contribution in [0.2, 0.25) is 0 Å². The molecule has 0 aliphatic carbocycles. The van der Waals surface area contributed by atoms with Gasteiger partial charge in [-0.2, -0.15) is 9.57 Å². The number of hydrogen-bond acceptors (Lipinski definition) is 10. The smallest absolute Gasteiger partial charge is 0.349 e. The zero-order valence-corrected chi connectivity index (χ0v) is 22.8. The van der Waals surface area contributed by atoms with Crippen LogP contribution in [-0.2, 0) is 33.8 Å². The van der Waals surface area contributed by atoms with Gasteiger partial charge in [0.15, 0.2) is 6.61 Å². The summed E-state index contributed by atoms with van der Waals surface area (Å²) in [5.74, 6) is -1.04. The number of amides is 1. The Morgan fingerprint density at radius 2 is 1.68 bits per heavy atom. The summed E-state index contributed by atoms with van der Waals surface area (Å²) in [4.78, 5) is 27.3. The van der Waals surface area contributed by atoms with Crippen LogP contribution >= 0.6 is 0 Å². The van der Waals surface area contributed by atoms with Gasteiger partial charge in [-0.1, -0.05) is 12.1 Å². The maximum absolute atomic E-state index is 13.2. The molecule has 2 aliphatic rings. The average Bonchev–Trinajstić information content (AvgIpc) is 2.99. The maximum atomic E-state index is 13.2. The minimum Gasteiger partial charge on any atom is -0.497 e. The first-order valence-electron chi connectivity index (χ1n) is 12.6. The van der Waals surface area contributed by atoms with Crippen LogP contribution in [0, 0.1) is 11.3 Å². The number of nitrogens with zero attached hydrogens (tertiary/aromatic N) is 3. The first-order valence-corrected chi connectivity index (χ1v) is 14.0. The fourth-order valence-corrected chi connectivity index (χ4v) is 5.63. The number of benzene rings is 2. The third-order valence-electron chi connectivity index (χ3n) is 6.30. The van der Waals surface area contributed by atoms with E-state index < -0.39 is 28.5 Å². The molecule has 0 saturated carbocycles.